The quantitative estimate of drug-likeness (QED) is 0.757. The molecule has 0 fully saturated rings. The molecule has 4 heteroatoms. The number of hydrogen-bond donors (Lipinski definition) is 1. The molecule has 0 aliphatic heterocycles. The largest absolute Gasteiger partial charge is 0.383 e. The van der Waals surface area contributed by atoms with Crippen molar-refractivity contribution in [3.05, 3.63) is 71.2 Å². The van der Waals surface area contributed by atoms with E-state index in [9.17, 15) is 5.26 Å². The third kappa shape index (κ3) is 2.52. The molecule has 2 aromatic carbocycles. The van der Waals surface area contributed by atoms with Gasteiger partial charge in [0.2, 0.25) is 0 Å². The zero-order valence-electron chi connectivity index (χ0n) is 11.6. The van der Waals surface area contributed by atoms with E-state index in [0.717, 1.165) is 16.7 Å². The molecule has 1 aromatic heterocycles. The predicted molar refractivity (Wildman–Crippen MR) is 89.2 cm³/mol. The number of aromatic nitrogens is 1. The summed E-state index contributed by atoms with van der Waals surface area (Å²) in [7, 11) is 0. The second-order valence-corrected chi connectivity index (χ2v) is 5.18. The number of pyridine rings is 1. The Morgan fingerprint density at radius 3 is 2.32 bits per heavy atom. The van der Waals surface area contributed by atoms with Crippen LogP contribution in [0.5, 0.6) is 0 Å². The number of anilines is 1. The second kappa shape index (κ2) is 5.88. The van der Waals surface area contributed by atoms with Crippen molar-refractivity contribution in [2.45, 2.75) is 0 Å². The molecule has 2 N–H and O–H groups in total. The monoisotopic (exact) mass is 305 g/mol. The molecule has 0 aliphatic carbocycles. The van der Waals surface area contributed by atoms with Crippen LogP contribution in [0, 0.1) is 11.3 Å². The van der Waals surface area contributed by atoms with E-state index < -0.39 is 0 Å². The molecule has 0 radical (unpaired) electrons. The Bertz CT molecular complexity index is 867. The highest BCUT2D eigenvalue weighted by molar-refractivity contribution is 6.33. The summed E-state index contributed by atoms with van der Waals surface area (Å²) in [5.74, 6) is 0.207. The summed E-state index contributed by atoms with van der Waals surface area (Å²) < 4.78 is 0. The minimum Gasteiger partial charge on any atom is -0.383 e. The molecule has 0 unspecified atom stereocenters. The molecule has 0 amide bonds. The lowest BCUT2D eigenvalue weighted by atomic mass is 9.98. The van der Waals surface area contributed by atoms with Gasteiger partial charge in [-0.3, -0.25) is 0 Å². The maximum Gasteiger partial charge on any atom is 0.142 e. The Labute approximate surface area is 133 Å². The van der Waals surface area contributed by atoms with E-state index in [4.69, 9.17) is 17.3 Å². The van der Waals surface area contributed by atoms with Crippen molar-refractivity contribution in [1.29, 1.82) is 5.26 Å². The average Bonchev–Trinajstić information content (AvgIpc) is 2.55. The number of nitriles is 1. The lowest BCUT2D eigenvalue weighted by Gasteiger charge is -2.11. The number of nitrogens with two attached hydrogens (primary N) is 1. The number of nitrogens with zero attached hydrogens (tertiary/aromatic N) is 2. The van der Waals surface area contributed by atoms with Gasteiger partial charge in [0.15, 0.2) is 0 Å². The first-order valence-electron chi connectivity index (χ1n) is 6.71. The topological polar surface area (TPSA) is 62.7 Å². The van der Waals surface area contributed by atoms with Crippen LogP contribution in [0.1, 0.15) is 5.56 Å². The first-order chi connectivity index (χ1) is 10.7. The van der Waals surface area contributed by atoms with E-state index in [1.54, 1.807) is 6.07 Å². The Kier molecular flexibility index (Phi) is 3.78. The second-order valence-electron chi connectivity index (χ2n) is 4.77. The van der Waals surface area contributed by atoms with Crippen molar-refractivity contribution >= 4 is 17.4 Å². The zero-order valence-corrected chi connectivity index (χ0v) is 12.4. The van der Waals surface area contributed by atoms with Crippen LogP contribution in [0.4, 0.5) is 5.82 Å². The first kappa shape index (κ1) is 14.1. The van der Waals surface area contributed by atoms with Gasteiger partial charge in [-0.2, -0.15) is 5.26 Å². The number of halogens is 1. The fourth-order valence-electron chi connectivity index (χ4n) is 2.33. The van der Waals surface area contributed by atoms with Gasteiger partial charge in [0.25, 0.3) is 0 Å². The predicted octanol–water partition coefficient (Wildman–Crippen LogP) is 4.52. The van der Waals surface area contributed by atoms with Crippen molar-refractivity contribution in [2.24, 2.45) is 0 Å². The molecule has 22 heavy (non-hydrogen) atoms. The number of rotatable bonds is 2. The Balaban J connectivity index is 2.27. The van der Waals surface area contributed by atoms with Crippen LogP contribution in [0.15, 0.2) is 60.7 Å². The molecule has 0 atom stereocenters. The molecule has 0 bridgehead atoms. The van der Waals surface area contributed by atoms with E-state index in [2.05, 4.69) is 11.1 Å². The van der Waals surface area contributed by atoms with E-state index in [0.29, 0.717) is 16.3 Å². The van der Waals surface area contributed by atoms with E-state index in [1.165, 1.54) is 0 Å². The highest BCUT2D eigenvalue weighted by atomic mass is 35.5. The first-order valence-corrected chi connectivity index (χ1v) is 7.09. The minimum absolute atomic E-state index is 0.207. The smallest absolute Gasteiger partial charge is 0.142 e. The molecule has 3 nitrogen and oxygen atoms in total. The maximum absolute atomic E-state index is 9.38. The number of hydrogen-bond acceptors (Lipinski definition) is 3. The molecular weight excluding hydrogens is 294 g/mol. The van der Waals surface area contributed by atoms with Crippen LogP contribution in [0.3, 0.4) is 0 Å². The van der Waals surface area contributed by atoms with Crippen LogP contribution in [0.25, 0.3) is 22.4 Å². The highest BCUT2D eigenvalue weighted by Gasteiger charge is 2.14. The van der Waals surface area contributed by atoms with Gasteiger partial charge in [-0.25, -0.2) is 4.98 Å². The van der Waals surface area contributed by atoms with Crippen molar-refractivity contribution < 1.29 is 0 Å². The van der Waals surface area contributed by atoms with Gasteiger partial charge >= 0.3 is 0 Å². The SMILES string of the molecule is N#Cc1c(-c2ccccc2)cc(-c2ccccc2Cl)nc1N. The third-order valence-electron chi connectivity index (χ3n) is 3.39. The molecule has 3 rings (SSSR count). The summed E-state index contributed by atoms with van der Waals surface area (Å²) in [6.45, 7) is 0. The zero-order chi connectivity index (χ0) is 15.5. The molecule has 106 valence electrons. The lowest BCUT2D eigenvalue weighted by molar-refractivity contribution is 1.31. The minimum atomic E-state index is 0.207. The molecule has 0 aliphatic rings. The summed E-state index contributed by atoms with van der Waals surface area (Å²) in [4.78, 5) is 4.33. The van der Waals surface area contributed by atoms with E-state index in [1.807, 2.05) is 54.6 Å². The van der Waals surface area contributed by atoms with Crippen LogP contribution in [-0.4, -0.2) is 4.98 Å². The Morgan fingerprint density at radius 1 is 0.955 bits per heavy atom. The van der Waals surface area contributed by atoms with E-state index >= 15 is 0 Å². The standard InChI is InChI=1S/C18H12ClN3/c19-16-9-5-4-8-13(16)17-10-14(12-6-2-1-3-7-12)15(11-20)18(21)22-17/h1-10H,(H2,21,22). The highest BCUT2D eigenvalue weighted by Crippen LogP contribution is 2.33. The molecule has 3 aromatic rings. The van der Waals surface area contributed by atoms with Crippen molar-refractivity contribution in [1.82, 2.24) is 4.98 Å². The fourth-order valence-corrected chi connectivity index (χ4v) is 2.57. The van der Waals surface area contributed by atoms with Crippen molar-refractivity contribution in [3.8, 4) is 28.5 Å². The van der Waals surface area contributed by atoms with Crippen LogP contribution >= 0.6 is 11.6 Å². The van der Waals surface area contributed by atoms with Crippen LogP contribution < -0.4 is 5.73 Å². The summed E-state index contributed by atoms with van der Waals surface area (Å²) in [5.41, 5.74) is 9.47. The van der Waals surface area contributed by atoms with Crippen LogP contribution in [0.2, 0.25) is 5.02 Å². The van der Waals surface area contributed by atoms with Crippen molar-refractivity contribution in [3.63, 3.8) is 0 Å². The Hall–Kier alpha value is -2.83. The summed E-state index contributed by atoms with van der Waals surface area (Å²) >= 11 is 6.24. The summed E-state index contributed by atoms with van der Waals surface area (Å²) in [6.07, 6.45) is 0. The van der Waals surface area contributed by atoms with Crippen molar-refractivity contribution in [2.75, 3.05) is 5.73 Å². The summed E-state index contributed by atoms with van der Waals surface area (Å²) in [6, 6.07) is 21.1. The van der Waals surface area contributed by atoms with Crippen LogP contribution in [-0.2, 0) is 0 Å². The van der Waals surface area contributed by atoms with Gasteiger partial charge in [0.05, 0.1) is 5.69 Å². The maximum atomic E-state index is 9.38. The van der Waals surface area contributed by atoms with Gasteiger partial charge in [0.1, 0.15) is 17.5 Å². The third-order valence-corrected chi connectivity index (χ3v) is 3.72. The number of benzene rings is 2. The van der Waals surface area contributed by atoms with Gasteiger partial charge in [-0.1, -0.05) is 60.1 Å². The lowest BCUT2D eigenvalue weighted by Crippen LogP contribution is -2.00. The molecule has 0 saturated carbocycles. The fraction of sp³-hybridized carbons (Fsp3) is 0. The summed E-state index contributed by atoms with van der Waals surface area (Å²) in [5, 5.41) is 9.98. The van der Waals surface area contributed by atoms with Gasteiger partial charge in [-0.05, 0) is 17.7 Å². The molecular formula is C18H12ClN3. The number of nitrogen functional groups attached to an aromatic ring is 1. The van der Waals surface area contributed by atoms with Gasteiger partial charge in [-0.15, -0.1) is 0 Å². The molecule has 1 heterocycles. The molecule has 0 saturated heterocycles. The Morgan fingerprint density at radius 2 is 1.64 bits per heavy atom. The van der Waals surface area contributed by atoms with Gasteiger partial charge in [0, 0.05) is 16.1 Å². The molecule has 0 spiro atoms. The van der Waals surface area contributed by atoms with E-state index in [-0.39, 0.29) is 5.82 Å². The van der Waals surface area contributed by atoms with Gasteiger partial charge < -0.3 is 5.73 Å². The normalized spacial score (nSPS) is 10.2. The average molecular weight is 306 g/mol.